The number of para-hydroxylation sites is 1. The Morgan fingerprint density at radius 2 is 1.88 bits per heavy atom. The average molecular weight is 354 g/mol. The quantitative estimate of drug-likeness (QED) is 0.858. The summed E-state index contributed by atoms with van der Waals surface area (Å²) in [6, 6.07) is 15.1. The molecule has 1 fully saturated rings. The number of benzene rings is 2. The van der Waals surface area contributed by atoms with Crippen LogP contribution in [0.5, 0.6) is 0 Å². The third kappa shape index (κ3) is 2.19. The van der Waals surface area contributed by atoms with Crippen LogP contribution in [0, 0.1) is 12.8 Å². The SMILES string of the molecule is C=CC1CN(S(=O)(=O)c2ccc(C)cc2)C2Nc3ccccc3C12C. The van der Waals surface area contributed by atoms with Crippen molar-refractivity contribution in [2.45, 2.75) is 30.3 Å². The number of aryl methyl sites for hydroxylation is 1. The van der Waals surface area contributed by atoms with E-state index < -0.39 is 10.0 Å². The molecule has 0 aliphatic carbocycles. The summed E-state index contributed by atoms with van der Waals surface area (Å²) in [4.78, 5) is 0.336. The van der Waals surface area contributed by atoms with Gasteiger partial charge in [0.2, 0.25) is 10.0 Å². The molecule has 0 spiro atoms. The first-order valence-electron chi connectivity index (χ1n) is 8.46. The molecule has 1 N–H and O–H groups in total. The van der Waals surface area contributed by atoms with Gasteiger partial charge in [-0.05, 0) is 30.7 Å². The maximum atomic E-state index is 13.3. The largest absolute Gasteiger partial charge is 0.368 e. The minimum atomic E-state index is -3.59. The second-order valence-corrected chi connectivity index (χ2v) is 9.00. The highest BCUT2D eigenvalue weighted by Crippen LogP contribution is 2.52. The second-order valence-electron chi connectivity index (χ2n) is 7.11. The van der Waals surface area contributed by atoms with E-state index in [1.165, 1.54) is 0 Å². The Hall–Kier alpha value is -2.11. The van der Waals surface area contributed by atoms with Crippen molar-refractivity contribution in [1.82, 2.24) is 4.31 Å². The predicted molar refractivity (Wildman–Crippen MR) is 100.0 cm³/mol. The summed E-state index contributed by atoms with van der Waals surface area (Å²) in [6.45, 7) is 8.49. The van der Waals surface area contributed by atoms with Gasteiger partial charge in [-0.2, -0.15) is 4.31 Å². The van der Waals surface area contributed by atoms with Gasteiger partial charge in [-0.15, -0.1) is 6.58 Å². The molecular formula is C20H22N2O2S. The molecule has 0 amide bonds. The summed E-state index contributed by atoms with van der Waals surface area (Å²) >= 11 is 0. The molecule has 25 heavy (non-hydrogen) atoms. The van der Waals surface area contributed by atoms with E-state index in [1.807, 2.05) is 43.3 Å². The highest BCUT2D eigenvalue weighted by Gasteiger charge is 2.58. The molecule has 2 aromatic rings. The number of fused-ring (bicyclic) bond motifs is 3. The van der Waals surface area contributed by atoms with Crippen molar-refractivity contribution < 1.29 is 8.42 Å². The van der Waals surface area contributed by atoms with Crippen molar-refractivity contribution >= 4 is 15.7 Å². The van der Waals surface area contributed by atoms with Gasteiger partial charge in [0.1, 0.15) is 6.17 Å². The number of nitrogens with one attached hydrogen (secondary N) is 1. The van der Waals surface area contributed by atoms with Gasteiger partial charge < -0.3 is 5.32 Å². The minimum Gasteiger partial charge on any atom is -0.368 e. The summed E-state index contributed by atoms with van der Waals surface area (Å²) in [7, 11) is -3.59. The van der Waals surface area contributed by atoms with E-state index in [1.54, 1.807) is 16.4 Å². The summed E-state index contributed by atoms with van der Waals surface area (Å²) < 4.78 is 28.2. The van der Waals surface area contributed by atoms with Crippen molar-refractivity contribution in [1.29, 1.82) is 0 Å². The van der Waals surface area contributed by atoms with E-state index in [2.05, 4.69) is 24.9 Å². The van der Waals surface area contributed by atoms with Crippen molar-refractivity contribution in [3.8, 4) is 0 Å². The molecule has 2 aromatic carbocycles. The zero-order valence-electron chi connectivity index (χ0n) is 14.4. The van der Waals surface area contributed by atoms with E-state index in [0.717, 1.165) is 16.8 Å². The standard InChI is InChI=1S/C20H22N2O2S/c1-4-15-13-22(25(23,24)16-11-9-14(2)10-12-16)19-20(15,3)17-7-5-6-8-18(17)21-19/h4-12,15,19,21H,1,13H2,2-3H3. The summed E-state index contributed by atoms with van der Waals surface area (Å²) in [6.07, 6.45) is 1.58. The van der Waals surface area contributed by atoms with E-state index in [0.29, 0.717) is 11.4 Å². The van der Waals surface area contributed by atoms with Crippen LogP contribution >= 0.6 is 0 Å². The van der Waals surface area contributed by atoms with Crippen LogP contribution in [0.4, 0.5) is 5.69 Å². The highest BCUT2D eigenvalue weighted by molar-refractivity contribution is 7.89. The molecular weight excluding hydrogens is 332 g/mol. The third-order valence-electron chi connectivity index (χ3n) is 5.71. The maximum Gasteiger partial charge on any atom is 0.244 e. The first-order valence-corrected chi connectivity index (χ1v) is 9.90. The number of hydrogen-bond acceptors (Lipinski definition) is 3. The van der Waals surface area contributed by atoms with Crippen LogP contribution in [0.1, 0.15) is 18.1 Å². The topological polar surface area (TPSA) is 49.4 Å². The van der Waals surface area contributed by atoms with Gasteiger partial charge in [-0.1, -0.05) is 48.9 Å². The van der Waals surface area contributed by atoms with Crippen LogP contribution in [0.2, 0.25) is 0 Å². The molecule has 2 aliphatic rings. The Labute approximate surface area is 149 Å². The minimum absolute atomic E-state index is 0.0499. The first kappa shape index (κ1) is 16.4. The van der Waals surface area contributed by atoms with Gasteiger partial charge in [-0.3, -0.25) is 0 Å². The van der Waals surface area contributed by atoms with Gasteiger partial charge in [0.25, 0.3) is 0 Å². The molecule has 4 rings (SSSR count). The van der Waals surface area contributed by atoms with Gasteiger partial charge in [-0.25, -0.2) is 8.42 Å². The van der Waals surface area contributed by atoms with E-state index in [-0.39, 0.29) is 17.5 Å². The molecule has 2 aliphatic heterocycles. The van der Waals surface area contributed by atoms with E-state index in [9.17, 15) is 8.42 Å². The van der Waals surface area contributed by atoms with Crippen LogP contribution in [-0.2, 0) is 15.4 Å². The Kier molecular flexibility index (Phi) is 3.56. The fraction of sp³-hybridized carbons (Fsp3) is 0.300. The van der Waals surface area contributed by atoms with Crippen molar-refractivity contribution in [3.05, 3.63) is 72.3 Å². The van der Waals surface area contributed by atoms with Crippen LogP contribution in [0.15, 0.2) is 66.1 Å². The number of anilines is 1. The number of sulfonamides is 1. The van der Waals surface area contributed by atoms with Crippen molar-refractivity contribution in [3.63, 3.8) is 0 Å². The van der Waals surface area contributed by atoms with Crippen molar-refractivity contribution in [2.75, 3.05) is 11.9 Å². The molecule has 5 heteroatoms. The molecule has 0 aromatic heterocycles. The summed E-state index contributed by atoms with van der Waals surface area (Å²) in [5.74, 6) is 0.0499. The Bertz CT molecular complexity index is 936. The van der Waals surface area contributed by atoms with Crippen LogP contribution in [0.25, 0.3) is 0 Å². The number of nitrogens with zero attached hydrogens (tertiary/aromatic N) is 1. The normalized spacial score (nSPS) is 28.2. The van der Waals surface area contributed by atoms with Crippen LogP contribution < -0.4 is 5.32 Å². The molecule has 0 radical (unpaired) electrons. The lowest BCUT2D eigenvalue weighted by Gasteiger charge is -2.30. The van der Waals surface area contributed by atoms with Crippen molar-refractivity contribution in [2.24, 2.45) is 5.92 Å². The Morgan fingerprint density at radius 1 is 1.20 bits per heavy atom. The fourth-order valence-corrected chi connectivity index (χ4v) is 5.84. The Morgan fingerprint density at radius 3 is 2.56 bits per heavy atom. The van der Waals surface area contributed by atoms with Crippen LogP contribution in [0.3, 0.4) is 0 Å². The molecule has 3 atom stereocenters. The molecule has 2 heterocycles. The molecule has 1 saturated heterocycles. The lowest BCUT2D eigenvalue weighted by molar-refractivity contribution is 0.350. The zero-order valence-corrected chi connectivity index (χ0v) is 15.3. The molecule has 3 unspecified atom stereocenters. The molecule has 0 bridgehead atoms. The lowest BCUT2D eigenvalue weighted by Crippen LogP contribution is -2.45. The van der Waals surface area contributed by atoms with E-state index >= 15 is 0 Å². The van der Waals surface area contributed by atoms with Gasteiger partial charge in [0.15, 0.2) is 0 Å². The molecule has 130 valence electrons. The number of rotatable bonds is 3. The zero-order chi connectivity index (χ0) is 17.8. The first-order chi connectivity index (χ1) is 11.9. The molecule has 4 nitrogen and oxygen atoms in total. The fourth-order valence-electron chi connectivity index (χ4n) is 4.19. The van der Waals surface area contributed by atoms with Gasteiger partial charge in [0.05, 0.1) is 4.90 Å². The van der Waals surface area contributed by atoms with Crippen LogP contribution in [-0.4, -0.2) is 25.4 Å². The summed E-state index contributed by atoms with van der Waals surface area (Å²) in [5, 5.41) is 3.44. The van der Waals surface area contributed by atoms with Gasteiger partial charge in [0, 0.05) is 23.6 Å². The maximum absolute atomic E-state index is 13.3. The second kappa shape index (κ2) is 5.44. The number of hydrogen-bond donors (Lipinski definition) is 1. The lowest BCUT2D eigenvalue weighted by atomic mass is 9.74. The molecule has 0 saturated carbocycles. The highest BCUT2D eigenvalue weighted by atomic mass is 32.2. The third-order valence-corrected chi connectivity index (χ3v) is 7.56. The Balaban J connectivity index is 1.81. The summed E-state index contributed by atoms with van der Waals surface area (Å²) in [5.41, 5.74) is 2.88. The van der Waals surface area contributed by atoms with Gasteiger partial charge >= 0.3 is 0 Å². The smallest absolute Gasteiger partial charge is 0.244 e. The monoisotopic (exact) mass is 354 g/mol. The average Bonchev–Trinajstić information content (AvgIpc) is 3.05. The predicted octanol–water partition coefficient (Wildman–Crippen LogP) is 3.51. The van der Waals surface area contributed by atoms with E-state index in [4.69, 9.17) is 0 Å².